The Labute approximate surface area is 109 Å². The third kappa shape index (κ3) is 4.64. The molecular formula is C13H25N3O2. The topological polar surface area (TPSA) is 84.2 Å². The maximum absolute atomic E-state index is 11.8. The first kappa shape index (κ1) is 15.0. The molecule has 5 heteroatoms. The molecule has 1 fully saturated rings. The smallest absolute Gasteiger partial charge is 0.220 e. The average molecular weight is 255 g/mol. The molecule has 104 valence electrons. The van der Waals surface area contributed by atoms with Crippen molar-refractivity contribution < 1.29 is 9.59 Å². The van der Waals surface area contributed by atoms with Gasteiger partial charge in [-0.15, -0.1) is 0 Å². The standard InChI is InChI=1S/C13H25N3O2/c1-2-9-15-11(17)5-6-12(18)16-13(10-14)7-3-4-8-13/h2-10,14H2,1H3,(H,15,17)(H,16,18). The van der Waals surface area contributed by atoms with Crippen LogP contribution in [-0.4, -0.2) is 30.4 Å². The van der Waals surface area contributed by atoms with Crippen molar-refractivity contribution in [1.82, 2.24) is 10.6 Å². The number of carbonyl (C=O) groups excluding carboxylic acids is 2. The van der Waals surface area contributed by atoms with Gasteiger partial charge in [0.1, 0.15) is 0 Å². The van der Waals surface area contributed by atoms with Crippen LogP contribution in [0.2, 0.25) is 0 Å². The summed E-state index contributed by atoms with van der Waals surface area (Å²) < 4.78 is 0. The van der Waals surface area contributed by atoms with Crippen molar-refractivity contribution in [2.24, 2.45) is 5.73 Å². The van der Waals surface area contributed by atoms with E-state index in [-0.39, 0.29) is 30.2 Å². The van der Waals surface area contributed by atoms with Crippen LogP contribution in [0, 0.1) is 0 Å². The summed E-state index contributed by atoms with van der Waals surface area (Å²) >= 11 is 0. The van der Waals surface area contributed by atoms with Gasteiger partial charge in [-0.3, -0.25) is 9.59 Å². The highest BCUT2D eigenvalue weighted by Crippen LogP contribution is 2.28. The van der Waals surface area contributed by atoms with Gasteiger partial charge in [0.05, 0.1) is 5.54 Å². The van der Waals surface area contributed by atoms with Crippen LogP contribution >= 0.6 is 0 Å². The molecule has 0 saturated heterocycles. The van der Waals surface area contributed by atoms with Crippen molar-refractivity contribution >= 4 is 11.8 Å². The fraction of sp³-hybridized carbons (Fsp3) is 0.846. The summed E-state index contributed by atoms with van der Waals surface area (Å²) in [5.74, 6) is -0.116. The summed E-state index contributed by atoms with van der Waals surface area (Å²) in [5, 5.41) is 5.77. The Morgan fingerprint density at radius 1 is 1.17 bits per heavy atom. The molecule has 0 spiro atoms. The van der Waals surface area contributed by atoms with Gasteiger partial charge in [0, 0.05) is 25.9 Å². The lowest BCUT2D eigenvalue weighted by Crippen LogP contribution is -2.51. The molecular weight excluding hydrogens is 230 g/mol. The van der Waals surface area contributed by atoms with E-state index in [2.05, 4.69) is 10.6 Å². The zero-order chi connectivity index (χ0) is 13.4. The Bertz CT molecular complexity index is 286. The summed E-state index contributed by atoms with van der Waals surface area (Å²) in [6, 6.07) is 0. The monoisotopic (exact) mass is 255 g/mol. The lowest BCUT2D eigenvalue weighted by Gasteiger charge is -2.28. The predicted molar refractivity (Wildman–Crippen MR) is 70.9 cm³/mol. The quantitative estimate of drug-likeness (QED) is 0.625. The van der Waals surface area contributed by atoms with E-state index in [0.29, 0.717) is 13.1 Å². The molecule has 0 aromatic rings. The minimum absolute atomic E-state index is 0.0554. The number of rotatable bonds is 7. The van der Waals surface area contributed by atoms with Crippen molar-refractivity contribution in [3.05, 3.63) is 0 Å². The minimum Gasteiger partial charge on any atom is -0.356 e. The number of amides is 2. The van der Waals surface area contributed by atoms with Gasteiger partial charge < -0.3 is 16.4 Å². The minimum atomic E-state index is -0.211. The Balaban J connectivity index is 2.26. The van der Waals surface area contributed by atoms with E-state index in [4.69, 9.17) is 5.73 Å². The van der Waals surface area contributed by atoms with Crippen LogP contribution in [0.25, 0.3) is 0 Å². The van der Waals surface area contributed by atoms with Crippen molar-refractivity contribution in [3.8, 4) is 0 Å². The fourth-order valence-electron chi connectivity index (χ4n) is 2.37. The molecule has 0 aliphatic heterocycles. The summed E-state index contributed by atoms with van der Waals surface area (Å²) in [7, 11) is 0. The Morgan fingerprint density at radius 2 is 1.78 bits per heavy atom. The normalized spacial score (nSPS) is 17.4. The maximum Gasteiger partial charge on any atom is 0.220 e. The molecule has 1 saturated carbocycles. The van der Waals surface area contributed by atoms with E-state index in [1.165, 1.54) is 0 Å². The molecule has 0 bridgehead atoms. The highest BCUT2D eigenvalue weighted by molar-refractivity contribution is 5.84. The van der Waals surface area contributed by atoms with E-state index in [1.807, 2.05) is 6.92 Å². The summed E-state index contributed by atoms with van der Waals surface area (Å²) in [5.41, 5.74) is 5.53. The molecule has 4 N–H and O–H groups in total. The van der Waals surface area contributed by atoms with Crippen LogP contribution in [0.3, 0.4) is 0 Å². The SMILES string of the molecule is CCCNC(=O)CCC(=O)NC1(CN)CCCC1. The highest BCUT2D eigenvalue weighted by atomic mass is 16.2. The molecule has 2 amide bonds. The second-order valence-corrected chi connectivity index (χ2v) is 5.09. The van der Waals surface area contributed by atoms with Crippen LogP contribution in [0.1, 0.15) is 51.9 Å². The zero-order valence-corrected chi connectivity index (χ0v) is 11.3. The molecule has 0 atom stereocenters. The van der Waals surface area contributed by atoms with E-state index in [9.17, 15) is 9.59 Å². The zero-order valence-electron chi connectivity index (χ0n) is 11.3. The van der Waals surface area contributed by atoms with Crippen LogP contribution in [-0.2, 0) is 9.59 Å². The van der Waals surface area contributed by atoms with Gasteiger partial charge in [-0.1, -0.05) is 19.8 Å². The molecule has 0 aromatic carbocycles. The van der Waals surface area contributed by atoms with E-state index < -0.39 is 0 Å². The molecule has 1 rings (SSSR count). The van der Waals surface area contributed by atoms with E-state index in [1.54, 1.807) is 0 Å². The van der Waals surface area contributed by atoms with Gasteiger partial charge in [0.25, 0.3) is 0 Å². The second kappa shape index (κ2) is 7.36. The molecule has 18 heavy (non-hydrogen) atoms. The van der Waals surface area contributed by atoms with Crippen molar-refractivity contribution in [1.29, 1.82) is 0 Å². The number of hydrogen-bond donors (Lipinski definition) is 3. The highest BCUT2D eigenvalue weighted by Gasteiger charge is 2.33. The Morgan fingerprint density at radius 3 is 2.33 bits per heavy atom. The van der Waals surface area contributed by atoms with Gasteiger partial charge in [-0.25, -0.2) is 0 Å². The fourth-order valence-corrected chi connectivity index (χ4v) is 2.37. The van der Waals surface area contributed by atoms with Crippen molar-refractivity contribution in [3.63, 3.8) is 0 Å². The predicted octanol–water partition coefficient (Wildman–Crippen LogP) is 0.681. The summed E-state index contributed by atoms with van der Waals surface area (Å²) in [6.45, 7) is 3.16. The van der Waals surface area contributed by atoms with Gasteiger partial charge >= 0.3 is 0 Å². The van der Waals surface area contributed by atoms with Gasteiger partial charge in [0.15, 0.2) is 0 Å². The molecule has 0 unspecified atom stereocenters. The first-order valence-electron chi connectivity index (χ1n) is 6.89. The first-order valence-corrected chi connectivity index (χ1v) is 6.89. The summed E-state index contributed by atoms with van der Waals surface area (Å²) in [6.07, 6.45) is 5.56. The van der Waals surface area contributed by atoms with Crippen LogP contribution in [0.4, 0.5) is 0 Å². The number of hydrogen-bond acceptors (Lipinski definition) is 3. The largest absolute Gasteiger partial charge is 0.356 e. The average Bonchev–Trinajstić information content (AvgIpc) is 2.83. The van der Waals surface area contributed by atoms with Crippen LogP contribution < -0.4 is 16.4 Å². The second-order valence-electron chi connectivity index (χ2n) is 5.09. The molecule has 0 radical (unpaired) electrons. The van der Waals surface area contributed by atoms with Crippen molar-refractivity contribution in [2.45, 2.75) is 57.4 Å². The number of nitrogens with one attached hydrogen (secondary N) is 2. The van der Waals surface area contributed by atoms with Crippen molar-refractivity contribution in [2.75, 3.05) is 13.1 Å². The van der Waals surface area contributed by atoms with Crippen LogP contribution in [0.15, 0.2) is 0 Å². The molecule has 1 aliphatic rings. The Hall–Kier alpha value is -1.10. The third-order valence-corrected chi connectivity index (χ3v) is 3.51. The number of nitrogens with two attached hydrogens (primary N) is 1. The lowest BCUT2D eigenvalue weighted by atomic mass is 9.97. The summed E-state index contributed by atoms with van der Waals surface area (Å²) in [4.78, 5) is 23.2. The van der Waals surface area contributed by atoms with E-state index >= 15 is 0 Å². The van der Waals surface area contributed by atoms with Gasteiger partial charge in [-0.05, 0) is 19.3 Å². The van der Waals surface area contributed by atoms with Crippen LogP contribution in [0.5, 0.6) is 0 Å². The van der Waals surface area contributed by atoms with Gasteiger partial charge in [-0.2, -0.15) is 0 Å². The molecule has 0 aromatic heterocycles. The van der Waals surface area contributed by atoms with Gasteiger partial charge in [0.2, 0.25) is 11.8 Å². The molecule has 5 nitrogen and oxygen atoms in total. The number of carbonyl (C=O) groups is 2. The molecule has 1 aliphatic carbocycles. The first-order chi connectivity index (χ1) is 8.62. The third-order valence-electron chi connectivity index (χ3n) is 3.51. The maximum atomic E-state index is 11.8. The Kier molecular flexibility index (Phi) is 6.12. The van der Waals surface area contributed by atoms with E-state index in [0.717, 1.165) is 32.1 Å². The molecule has 0 heterocycles. The lowest BCUT2D eigenvalue weighted by molar-refractivity contribution is -0.127.